The Labute approximate surface area is 101 Å². The molecule has 1 heterocycles. The highest BCUT2D eigenvalue weighted by molar-refractivity contribution is 6.00. The van der Waals surface area contributed by atoms with E-state index in [4.69, 9.17) is 0 Å². The molecule has 0 saturated heterocycles. The van der Waals surface area contributed by atoms with Crippen LogP contribution in [0.15, 0.2) is 24.3 Å². The third-order valence-electron chi connectivity index (χ3n) is 3.15. The van der Waals surface area contributed by atoms with Gasteiger partial charge in [0.1, 0.15) is 6.29 Å². The molecule has 17 heavy (non-hydrogen) atoms. The average Bonchev–Trinajstić information content (AvgIpc) is 2.49. The maximum Gasteiger partial charge on any atom is 0.244 e. The molecule has 4 heteroatoms. The molecule has 2 rings (SSSR count). The van der Waals surface area contributed by atoms with Crippen molar-refractivity contribution in [1.82, 2.24) is 5.32 Å². The number of likely N-dealkylation sites (N-methyl/N-ethyl adjacent to an activating group) is 1. The Kier molecular flexibility index (Phi) is 3.54. The van der Waals surface area contributed by atoms with Crippen LogP contribution in [0.5, 0.6) is 0 Å². The summed E-state index contributed by atoms with van der Waals surface area (Å²) >= 11 is 0. The van der Waals surface area contributed by atoms with Crippen molar-refractivity contribution >= 4 is 17.9 Å². The number of amides is 1. The van der Waals surface area contributed by atoms with Crippen molar-refractivity contribution < 1.29 is 9.59 Å². The maximum atomic E-state index is 12.2. The highest BCUT2D eigenvalue weighted by atomic mass is 16.2. The van der Waals surface area contributed by atoms with E-state index in [9.17, 15) is 9.59 Å². The summed E-state index contributed by atoms with van der Waals surface area (Å²) in [5, 5.41) is 3.01. The Hall–Kier alpha value is -1.68. The van der Waals surface area contributed by atoms with Gasteiger partial charge in [0.15, 0.2) is 0 Å². The molecule has 0 bridgehead atoms. The van der Waals surface area contributed by atoms with Crippen LogP contribution in [0.2, 0.25) is 0 Å². The first kappa shape index (κ1) is 11.8. The summed E-state index contributed by atoms with van der Waals surface area (Å²) in [5.41, 5.74) is 1.99. The number of aryl methyl sites for hydroxylation is 1. The minimum Gasteiger partial charge on any atom is -0.309 e. The normalized spacial score (nSPS) is 19.7. The zero-order valence-corrected chi connectivity index (χ0v) is 9.85. The van der Waals surface area contributed by atoms with Gasteiger partial charge < -0.3 is 15.0 Å². The number of benzene rings is 1. The predicted octanol–water partition coefficient (Wildman–Crippen LogP) is 0.753. The second-order valence-corrected chi connectivity index (χ2v) is 4.12. The summed E-state index contributed by atoms with van der Waals surface area (Å²) < 4.78 is 0. The Morgan fingerprint density at radius 3 is 2.94 bits per heavy atom. The monoisotopic (exact) mass is 232 g/mol. The van der Waals surface area contributed by atoms with E-state index in [1.54, 1.807) is 11.9 Å². The van der Waals surface area contributed by atoms with Crippen molar-refractivity contribution in [2.75, 3.05) is 18.5 Å². The number of nitrogens with one attached hydrogen (secondary N) is 1. The van der Waals surface area contributed by atoms with Gasteiger partial charge in [-0.25, -0.2) is 0 Å². The summed E-state index contributed by atoms with van der Waals surface area (Å²) in [4.78, 5) is 24.5. The first-order valence-corrected chi connectivity index (χ1v) is 5.78. The van der Waals surface area contributed by atoms with E-state index in [2.05, 4.69) is 5.32 Å². The van der Waals surface area contributed by atoms with Crippen LogP contribution in [0, 0.1) is 0 Å². The van der Waals surface area contributed by atoms with Crippen molar-refractivity contribution in [3.63, 3.8) is 0 Å². The number of para-hydroxylation sites is 1. The van der Waals surface area contributed by atoms with E-state index in [1.165, 1.54) is 0 Å². The second-order valence-electron chi connectivity index (χ2n) is 4.12. The fraction of sp³-hybridized carbons (Fsp3) is 0.385. The number of aldehydes is 1. The first-order chi connectivity index (χ1) is 8.27. The SMILES string of the molecule is CN[C@@H]1CCc2ccccc2N(CC=O)C1=O. The molecule has 1 aliphatic heterocycles. The largest absolute Gasteiger partial charge is 0.309 e. The third-order valence-corrected chi connectivity index (χ3v) is 3.15. The minimum absolute atomic E-state index is 0.0236. The first-order valence-electron chi connectivity index (χ1n) is 5.78. The van der Waals surface area contributed by atoms with E-state index >= 15 is 0 Å². The molecule has 0 spiro atoms. The van der Waals surface area contributed by atoms with Gasteiger partial charge in [-0.05, 0) is 31.5 Å². The maximum absolute atomic E-state index is 12.2. The fourth-order valence-corrected chi connectivity index (χ4v) is 2.25. The van der Waals surface area contributed by atoms with Crippen LogP contribution in [0.3, 0.4) is 0 Å². The van der Waals surface area contributed by atoms with Gasteiger partial charge in [0, 0.05) is 5.69 Å². The van der Waals surface area contributed by atoms with E-state index in [0.717, 1.165) is 30.4 Å². The Morgan fingerprint density at radius 2 is 2.24 bits per heavy atom. The molecule has 0 saturated carbocycles. The van der Waals surface area contributed by atoms with E-state index in [-0.39, 0.29) is 18.5 Å². The van der Waals surface area contributed by atoms with E-state index in [0.29, 0.717) is 0 Å². The smallest absolute Gasteiger partial charge is 0.244 e. The number of carbonyl (C=O) groups is 2. The van der Waals surface area contributed by atoms with Gasteiger partial charge in [-0.1, -0.05) is 18.2 Å². The summed E-state index contributed by atoms with van der Waals surface area (Å²) in [6.45, 7) is 0.119. The van der Waals surface area contributed by atoms with Crippen molar-refractivity contribution in [1.29, 1.82) is 0 Å². The number of hydrogen-bond donors (Lipinski definition) is 1. The van der Waals surface area contributed by atoms with Crippen LogP contribution in [0.25, 0.3) is 0 Å². The number of anilines is 1. The Bertz CT molecular complexity index is 431. The molecular weight excluding hydrogens is 216 g/mol. The molecule has 1 N–H and O–H groups in total. The number of nitrogens with zero attached hydrogens (tertiary/aromatic N) is 1. The van der Waals surface area contributed by atoms with Crippen LogP contribution in [-0.4, -0.2) is 31.8 Å². The van der Waals surface area contributed by atoms with Gasteiger partial charge >= 0.3 is 0 Å². The Balaban J connectivity index is 2.41. The lowest BCUT2D eigenvalue weighted by Crippen LogP contribution is -2.45. The van der Waals surface area contributed by atoms with Gasteiger partial charge in [-0.2, -0.15) is 0 Å². The molecule has 0 aliphatic carbocycles. The van der Waals surface area contributed by atoms with Crippen LogP contribution in [0.1, 0.15) is 12.0 Å². The number of carbonyl (C=O) groups excluding carboxylic acids is 2. The van der Waals surface area contributed by atoms with Crippen molar-refractivity contribution in [2.24, 2.45) is 0 Å². The Morgan fingerprint density at radius 1 is 1.47 bits per heavy atom. The quantitative estimate of drug-likeness (QED) is 0.782. The van der Waals surface area contributed by atoms with Crippen molar-refractivity contribution in [3.8, 4) is 0 Å². The third kappa shape index (κ3) is 2.22. The van der Waals surface area contributed by atoms with Crippen molar-refractivity contribution in [3.05, 3.63) is 29.8 Å². The van der Waals surface area contributed by atoms with Crippen LogP contribution in [-0.2, 0) is 16.0 Å². The van der Waals surface area contributed by atoms with Gasteiger partial charge in [0.05, 0.1) is 12.6 Å². The predicted molar refractivity (Wildman–Crippen MR) is 66.0 cm³/mol. The van der Waals surface area contributed by atoms with Crippen LogP contribution in [0.4, 0.5) is 5.69 Å². The van der Waals surface area contributed by atoms with E-state index < -0.39 is 0 Å². The minimum atomic E-state index is -0.206. The lowest BCUT2D eigenvalue weighted by Gasteiger charge is -2.23. The van der Waals surface area contributed by atoms with Crippen LogP contribution < -0.4 is 10.2 Å². The zero-order valence-electron chi connectivity index (χ0n) is 9.85. The van der Waals surface area contributed by atoms with Gasteiger partial charge in [-0.3, -0.25) is 4.79 Å². The summed E-state index contributed by atoms with van der Waals surface area (Å²) in [6, 6.07) is 7.56. The molecule has 1 aromatic carbocycles. The van der Waals surface area contributed by atoms with Gasteiger partial charge in [0.2, 0.25) is 5.91 Å². The average molecular weight is 232 g/mol. The molecule has 1 aromatic rings. The number of rotatable bonds is 3. The van der Waals surface area contributed by atoms with Gasteiger partial charge in [-0.15, -0.1) is 0 Å². The molecule has 1 atom stereocenters. The molecule has 0 aromatic heterocycles. The summed E-state index contributed by atoms with van der Waals surface area (Å²) in [6.07, 6.45) is 2.39. The number of fused-ring (bicyclic) bond motifs is 1. The fourth-order valence-electron chi connectivity index (χ4n) is 2.25. The molecule has 0 unspecified atom stereocenters. The lowest BCUT2D eigenvalue weighted by molar-refractivity contribution is -0.121. The molecule has 1 aliphatic rings. The molecule has 1 amide bonds. The standard InChI is InChI=1S/C13H16N2O2/c1-14-11-7-6-10-4-2-3-5-12(10)15(8-9-16)13(11)17/h2-5,9,11,14H,6-8H2,1H3/t11-/m1/s1. The molecule has 0 radical (unpaired) electrons. The zero-order chi connectivity index (χ0) is 12.3. The summed E-state index contributed by atoms with van der Waals surface area (Å²) in [5.74, 6) is -0.0236. The second kappa shape index (κ2) is 5.10. The van der Waals surface area contributed by atoms with Crippen LogP contribution >= 0.6 is 0 Å². The highest BCUT2D eigenvalue weighted by Crippen LogP contribution is 2.26. The number of hydrogen-bond acceptors (Lipinski definition) is 3. The lowest BCUT2D eigenvalue weighted by atomic mass is 10.1. The molecule has 90 valence electrons. The molecular formula is C13H16N2O2. The molecule has 4 nitrogen and oxygen atoms in total. The highest BCUT2D eigenvalue weighted by Gasteiger charge is 2.28. The van der Waals surface area contributed by atoms with Gasteiger partial charge in [0.25, 0.3) is 0 Å². The molecule has 0 fully saturated rings. The topological polar surface area (TPSA) is 49.4 Å². The summed E-state index contributed by atoms with van der Waals surface area (Å²) in [7, 11) is 1.78. The van der Waals surface area contributed by atoms with E-state index in [1.807, 2.05) is 24.3 Å². The van der Waals surface area contributed by atoms with Crippen molar-refractivity contribution in [2.45, 2.75) is 18.9 Å².